The van der Waals surface area contributed by atoms with Gasteiger partial charge in [-0.3, -0.25) is 4.79 Å². The molecule has 1 aliphatic heterocycles. The second kappa shape index (κ2) is 8.98. The molecular formula is C16H25ClN2O3. The van der Waals surface area contributed by atoms with E-state index in [1.54, 1.807) is 14.2 Å². The van der Waals surface area contributed by atoms with Gasteiger partial charge >= 0.3 is 0 Å². The molecule has 1 aromatic rings. The Morgan fingerprint density at radius 2 is 2.00 bits per heavy atom. The minimum Gasteiger partial charge on any atom is -0.497 e. The molecule has 0 aliphatic carbocycles. The van der Waals surface area contributed by atoms with Gasteiger partial charge in [0.25, 0.3) is 0 Å². The summed E-state index contributed by atoms with van der Waals surface area (Å²) in [4.78, 5) is 14.4. The van der Waals surface area contributed by atoms with Gasteiger partial charge in [0.2, 0.25) is 5.91 Å². The van der Waals surface area contributed by atoms with Crippen LogP contribution < -0.4 is 10.5 Å². The van der Waals surface area contributed by atoms with Crippen LogP contribution >= 0.6 is 12.4 Å². The topological polar surface area (TPSA) is 64.8 Å². The summed E-state index contributed by atoms with van der Waals surface area (Å²) in [5.41, 5.74) is 6.80. The van der Waals surface area contributed by atoms with Crippen LogP contribution in [0.2, 0.25) is 0 Å². The lowest BCUT2D eigenvalue weighted by atomic mass is 9.98. The van der Waals surface area contributed by atoms with Crippen molar-refractivity contribution in [1.29, 1.82) is 0 Å². The number of rotatable bonds is 5. The molecule has 0 bridgehead atoms. The van der Waals surface area contributed by atoms with Crippen LogP contribution in [0.25, 0.3) is 0 Å². The van der Waals surface area contributed by atoms with Crippen molar-refractivity contribution in [3.8, 4) is 5.75 Å². The third-order valence-electron chi connectivity index (χ3n) is 4.11. The van der Waals surface area contributed by atoms with E-state index in [1.165, 1.54) is 0 Å². The van der Waals surface area contributed by atoms with Gasteiger partial charge in [-0.25, -0.2) is 0 Å². The summed E-state index contributed by atoms with van der Waals surface area (Å²) in [5, 5.41) is 0. The van der Waals surface area contributed by atoms with E-state index >= 15 is 0 Å². The van der Waals surface area contributed by atoms with Gasteiger partial charge in [-0.2, -0.15) is 0 Å². The quantitative estimate of drug-likeness (QED) is 0.892. The van der Waals surface area contributed by atoms with E-state index < -0.39 is 0 Å². The lowest BCUT2D eigenvalue weighted by Crippen LogP contribution is -2.51. The summed E-state index contributed by atoms with van der Waals surface area (Å²) in [6.45, 7) is 1.20. The average molecular weight is 329 g/mol. The molecule has 6 heteroatoms. The first-order valence-electron chi connectivity index (χ1n) is 7.33. The molecule has 1 amide bonds. The number of carbonyl (C=O) groups excluding carboxylic acids is 1. The molecule has 22 heavy (non-hydrogen) atoms. The maximum absolute atomic E-state index is 12.5. The molecule has 1 heterocycles. The highest BCUT2D eigenvalue weighted by atomic mass is 35.5. The van der Waals surface area contributed by atoms with E-state index in [-0.39, 0.29) is 30.5 Å². The molecule has 0 saturated carbocycles. The van der Waals surface area contributed by atoms with Gasteiger partial charge in [-0.1, -0.05) is 12.1 Å². The molecule has 5 nitrogen and oxygen atoms in total. The number of hydrogen-bond donors (Lipinski definition) is 1. The highest BCUT2D eigenvalue weighted by Crippen LogP contribution is 2.20. The summed E-state index contributed by atoms with van der Waals surface area (Å²) in [7, 11) is 3.35. The van der Waals surface area contributed by atoms with Gasteiger partial charge in [0.1, 0.15) is 5.75 Å². The SMILES string of the molecule is COc1ccc(CC(=O)N2CCC(OC)CC2CN)cc1.Cl. The number of halogens is 1. The predicted octanol–water partition coefficient (Wildman–Crippen LogP) is 1.62. The third-order valence-corrected chi connectivity index (χ3v) is 4.11. The van der Waals surface area contributed by atoms with Crippen molar-refractivity contribution in [2.75, 3.05) is 27.3 Å². The van der Waals surface area contributed by atoms with Crippen molar-refractivity contribution in [3.63, 3.8) is 0 Å². The van der Waals surface area contributed by atoms with Gasteiger partial charge in [0.05, 0.1) is 19.6 Å². The van der Waals surface area contributed by atoms with Crippen molar-refractivity contribution in [3.05, 3.63) is 29.8 Å². The van der Waals surface area contributed by atoms with Gasteiger partial charge in [-0.15, -0.1) is 12.4 Å². The second-order valence-electron chi connectivity index (χ2n) is 5.38. The fourth-order valence-electron chi connectivity index (χ4n) is 2.80. The first-order valence-corrected chi connectivity index (χ1v) is 7.33. The molecule has 124 valence electrons. The summed E-state index contributed by atoms with van der Waals surface area (Å²) < 4.78 is 10.5. The zero-order valence-corrected chi connectivity index (χ0v) is 14.0. The summed E-state index contributed by atoms with van der Waals surface area (Å²) >= 11 is 0. The van der Waals surface area contributed by atoms with Crippen LogP contribution in [0.5, 0.6) is 5.75 Å². The molecule has 1 fully saturated rings. The second-order valence-corrected chi connectivity index (χ2v) is 5.38. The molecular weight excluding hydrogens is 304 g/mol. The summed E-state index contributed by atoms with van der Waals surface area (Å²) in [6.07, 6.45) is 2.31. The Morgan fingerprint density at radius 3 is 2.55 bits per heavy atom. The maximum atomic E-state index is 12.5. The van der Waals surface area contributed by atoms with Crippen molar-refractivity contribution in [1.82, 2.24) is 4.90 Å². The Bertz CT molecular complexity index is 467. The number of likely N-dealkylation sites (tertiary alicyclic amines) is 1. The Kier molecular flexibility index (Phi) is 7.65. The van der Waals surface area contributed by atoms with Crippen LogP contribution in [0, 0.1) is 0 Å². The van der Waals surface area contributed by atoms with Crippen LogP contribution in [-0.2, 0) is 16.0 Å². The molecule has 0 aromatic heterocycles. The summed E-state index contributed by atoms with van der Waals surface area (Å²) in [6, 6.07) is 7.68. The minimum absolute atomic E-state index is 0. The fraction of sp³-hybridized carbons (Fsp3) is 0.562. The van der Waals surface area contributed by atoms with E-state index in [0.717, 1.165) is 30.7 Å². The number of benzene rings is 1. The fourth-order valence-corrected chi connectivity index (χ4v) is 2.80. The number of piperidine rings is 1. The molecule has 2 atom stereocenters. The molecule has 2 N–H and O–H groups in total. The predicted molar refractivity (Wildman–Crippen MR) is 88.5 cm³/mol. The van der Waals surface area contributed by atoms with E-state index in [0.29, 0.717) is 13.0 Å². The zero-order chi connectivity index (χ0) is 15.2. The van der Waals surface area contributed by atoms with Gasteiger partial charge < -0.3 is 20.1 Å². The van der Waals surface area contributed by atoms with Crippen molar-refractivity contribution in [2.24, 2.45) is 5.73 Å². The third kappa shape index (κ3) is 4.60. The van der Waals surface area contributed by atoms with Crippen molar-refractivity contribution in [2.45, 2.75) is 31.4 Å². The lowest BCUT2D eigenvalue weighted by Gasteiger charge is -2.38. The molecule has 2 rings (SSSR count). The maximum Gasteiger partial charge on any atom is 0.227 e. The smallest absolute Gasteiger partial charge is 0.227 e. The van der Waals surface area contributed by atoms with Crippen LogP contribution in [-0.4, -0.2) is 50.3 Å². The van der Waals surface area contributed by atoms with E-state index in [9.17, 15) is 4.79 Å². The summed E-state index contributed by atoms with van der Waals surface area (Å²) in [5.74, 6) is 0.928. The van der Waals surface area contributed by atoms with Gasteiger partial charge in [0.15, 0.2) is 0 Å². The largest absolute Gasteiger partial charge is 0.497 e. The Labute approximate surface area is 138 Å². The van der Waals surface area contributed by atoms with E-state index in [4.69, 9.17) is 15.2 Å². The average Bonchev–Trinajstić information content (AvgIpc) is 2.54. The standard InChI is InChI=1S/C16H24N2O3.ClH/c1-20-14-5-3-12(4-6-14)9-16(19)18-8-7-15(21-2)10-13(18)11-17;/h3-6,13,15H,7-11,17H2,1-2H3;1H. The molecule has 2 unspecified atom stereocenters. The van der Waals surface area contributed by atoms with Crippen LogP contribution in [0.4, 0.5) is 0 Å². The van der Waals surface area contributed by atoms with Crippen molar-refractivity contribution >= 4 is 18.3 Å². The Morgan fingerprint density at radius 1 is 1.32 bits per heavy atom. The number of nitrogens with zero attached hydrogens (tertiary/aromatic N) is 1. The Balaban J connectivity index is 0.00000242. The van der Waals surface area contributed by atoms with Crippen LogP contribution in [0.1, 0.15) is 18.4 Å². The first kappa shape index (κ1) is 18.7. The van der Waals surface area contributed by atoms with E-state index in [1.807, 2.05) is 29.2 Å². The van der Waals surface area contributed by atoms with E-state index in [2.05, 4.69) is 0 Å². The highest BCUT2D eigenvalue weighted by molar-refractivity contribution is 5.85. The number of hydrogen-bond acceptors (Lipinski definition) is 4. The minimum atomic E-state index is 0. The molecule has 0 radical (unpaired) electrons. The monoisotopic (exact) mass is 328 g/mol. The number of carbonyl (C=O) groups is 1. The number of ether oxygens (including phenoxy) is 2. The Hall–Kier alpha value is -1.30. The number of methoxy groups -OCH3 is 2. The zero-order valence-electron chi connectivity index (χ0n) is 13.2. The van der Waals surface area contributed by atoms with Gasteiger partial charge in [0, 0.05) is 26.2 Å². The lowest BCUT2D eigenvalue weighted by molar-refractivity contribution is -0.136. The van der Waals surface area contributed by atoms with Crippen molar-refractivity contribution < 1.29 is 14.3 Å². The number of nitrogens with two attached hydrogens (primary N) is 1. The first-order chi connectivity index (χ1) is 10.2. The van der Waals surface area contributed by atoms with Gasteiger partial charge in [-0.05, 0) is 30.5 Å². The molecule has 1 saturated heterocycles. The highest BCUT2D eigenvalue weighted by Gasteiger charge is 2.30. The molecule has 1 aliphatic rings. The number of amides is 1. The van der Waals surface area contributed by atoms with Crippen LogP contribution in [0.3, 0.4) is 0 Å². The normalized spacial score (nSPS) is 21.1. The molecule has 1 aromatic carbocycles. The van der Waals surface area contributed by atoms with Crippen LogP contribution in [0.15, 0.2) is 24.3 Å². The molecule has 0 spiro atoms.